The molecule has 6 heteroatoms. The van der Waals surface area contributed by atoms with E-state index in [1.54, 1.807) is 39.5 Å². The van der Waals surface area contributed by atoms with Crippen molar-refractivity contribution in [1.82, 2.24) is 10.2 Å². The van der Waals surface area contributed by atoms with Gasteiger partial charge in [0, 0.05) is 6.54 Å². The van der Waals surface area contributed by atoms with Crippen LogP contribution in [0.25, 0.3) is 0 Å². The average molecular weight is 384 g/mol. The molecule has 6 nitrogen and oxygen atoms in total. The second-order valence-electron chi connectivity index (χ2n) is 6.78. The van der Waals surface area contributed by atoms with Crippen LogP contribution in [0, 0.1) is 0 Å². The van der Waals surface area contributed by atoms with E-state index in [0.717, 1.165) is 18.8 Å². The molecule has 2 aromatic carbocycles. The Morgan fingerprint density at radius 1 is 1.00 bits per heavy atom. The molecular weight excluding hydrogens is 356 g/mol. The van der Waals surface area contributed by atoms with Crippen molar-refractivity contribution in [2.24, 2.45) is 0 Å². The Labute approximate surface area is 166 Å². The summed E-state index contributed by atoms with van der Waals surface area (Å²) >= 11 is 0. The van der Waals surface area contributed by atoms with Crippen molar-refractivity contribution >= 4 is 5.91 Å². The van der Waals surface area contributed by atoms with E-state index in [0.29, 0.717) is 23.6 Å². The number of carbonyl (C=O) groups excluding carboxylic acids is 1. The van der Waals surface area contributed by atoms with Gasteiger partial charge in [-0.1, -0.05) is 18.2 Å². The quantitative estimate of drug-likeness (QED) is 0.757. The van der Waals surface area contributed by atoms with Gasteiger partial charge in [0.05, 0.1) is 32.9 Å². The van der Waals surface area contributed by atoms with Crippen LogP contribution in [-0.4, -0.2) is 51.8 Å². The number of nitrogens with one attached hydrogen (secondary N) is 1. The molecule has 3 rings (SSSR count). The van der Waals surface area contributed by atoms with Crippen LogP contribution in [0.4, 0.5) is 0 Å². The second-order valence-corrected chi connectivity index (χ2v) is 6.78. The van der Waals surface area contributed by atoms with Gasteiger partial charge in [0.2, 0.25) is 0 Å². The van der Waals surface area contributed by atoms with E-state index in [4.69, 9.17) is 14.2 Å². The maximum atomic E-state index is 12.9. The molecule has 1 N–H and O–H groups in total. The zero-order valence-corrected chi connectivity index (χ0v) is 16.7. The molecule has 1 atom stereocenters. The molecule has 0 saturated carbocycles. The fourth-order valence-corrected chi connectivity index (χ4v) is 3.69. The maximum absolute atomic E-state index is 12.9. The lowest BCUT2D eigenvalue weighted by Crippen LogP contribution is -2.36. The minimum absolute atomic E-state index is 0.119. The first kappa shape index (κ1) is 20.0. The number of ether oxygens (including phenoxy) is 3. The number of methoxy groups -OCH3 is 3. The van der Waals surface area contributed by atoms with Crippen molar-refractivity contribution < 1.29 is 19.0 Å². The Balaban J connectivity index is 1.77. The van der Waals surface area contributed by atoms with Crippen LogP contribution in [0.15, 0.2) is 42.5 Å². The average Bonchev–Trinajstić information content (AvgIpc) is 3.28. The van der Waals surface area contributed by atoms with E-state index in [2.05, 4.69) is 22.3 Å². The molecular formula is C22H28N2O4. The normalized spacial score (nSPS) is 15.1. The van der Waals surface area contributed by atoms with Crippen LogP contribution in [-0.2, 0) is 0 Å². The molecule has 2 aromatic rings. The van der Waals surface area contributed by atoms with Crippen LogP contribution >= 0.6 is 0 Å². The summed E-state index contributed by atoms with van der Waals surface area (Å²) in [6.07, 6.45) is 2.37. The van der Waals surface area contributed by atoms with Crippen LogP contribution in [0.5, 0.6) is 17.2 Å². The molecule has 0 bridgehead atoms. The van der Waals surface area contributed by atoms with Gasteiger partial charge in [-0.25, -0.2) is 0 Å². The molecule has 0 unspecified atom stereocenters. The molecule has 0 aliphatic carbocycles. The summed E-state index contributed by atoms with van der Waals surface area (Å²) < 4.78 is 16.0. The number of nitrogens with zero attached hydrogens (tertiary/aromatic N) is 1. The Bertz CT molecular complexity index is 786. The third-order valence-corrected chi connectivity index (χ3v) is 5.19. The Morgan fingerprint density at radius 3 is 2.32 bits per heavy atom. The van der Waals surface area contributed by atoms with Gasteiger partial charge in [0.25, 0.3) is 5.91 Å². The van der Waals surface area contributed by atoms with Gasteiger partial charge < -0.3 is 19.5 Å². The van der Waals surface area contributed by atoms with Gasteiger partial charge in [-0.15, -0.1) is 0 Å². The van der Waals surface area contributed by atoms with E-state index < -0.39 is 0 Å². The van der Waals surface area contributed by atoms with Crippen molar-refractivity contribution in [1.29, 1.82) is 0 Å². The minimum atomic E-state index is -0.173. The van der Waals surface area contributed by atoms with E-state index in [1.807, 2.05) is 12.1 Å². The van der Waals surface area contributed by atoms with E-state index in [9.17, 15) is 4.79 Å². The topological polar surface area (TPSA) is 60.0 Å². The molecule has 28 heavy (non-hydrogen) atoms. The number of para-hydroxylation sites is 1. The Kier molecular flexibility index (Phi) is 6.76. The lowest BCUT2D eigenvalue weighted by atomic mass is 10.0. The molecule has 1 aliphatic heterocycles. The van der Waals surface area contributed by atoms with Gasteiger partial charge in [-0.3, -0.25) is 9.69 Å². The summed E-state index contributed by atoms with van der Waals surface area (Å²) in [5.41, 5.74) is 1.64. The summed E-state index contributed by atoms with van der Waals surface area (Å²) in [7, 11) is 4.76. The molecule has 1 aliphatic rings. The molecule has 1 saturated heterocycles. The maximum Gasteiger partial charge on any atom is 0.255 e. The van der Waals surface area contributed by atoms with Crippen LogP contribution in [0.2, 0.25) is 0 Å². The predicted molar refractivity (Wildman–Crippen MR) is 108 cm³/mol. The van der Waals surface area contributed by atoms with Crippen LogP contribution in [0.1, 0.15) is 34.8 Å². The predicted octanol–water partition coefficient (Wildman–Crippen LogP) is 3.28. The van der Waals surface area contributed by atoms with E-state index >= 15 is 0 Å². The van der Waals surface area contributed by atoms with E-state index in [1.165, 1.54) is 18.4 Å². The minimum Gasteiger partial charge on any atom is -0.497 e. The highest BCUT2D eigenvalue weighted by molar-refractivity contribution is 5.97. The first-order valence-corrected chi connectivity index (χ1v) is 9.55. The third-order valence-electron chi connectivity index (χ3n) is 5.19. The van der Waals surface area contributed by atoms with Gasteiger partial charge in [-0.2, -0.15) is 0 Å². The zero-order chi connectivity index (χ0) is 19.9. The monoisotopic (exact) mass is 384 g/mol. The number of rotatable bonds is 8. The zero-order valence-electron chi connectivity index (χ0n) is 16.7. The van der Waals surface area contributed by atoms with Gasteiger partial charge >= 0.3 is 0 Å². The third kappa shape index (κ3) is 4.39. The number of likely N-dealkylation sites (tertiary alicyclic amines) is 1. The summed E-state index contributed by atoms with van der Waals surface area (Å²) in [5, 5.41) is 3.08. The molecule has 0 radical (unpaired) electrons. The van der Waals surface area contributed by atoms with Gasteiger partial charge in [-0.05, 0) is 55.8 Å². The van der Waals surface area contributed by atoms with Crippen LogP contribution in [0.3, 0.4) is 0 Å². The largest absolute Gasteiger partial charge is 0.497 e. The highest BCUT2D eigenvalue weighted by atomic mass is 16.5. The Morgan fingerprint density at radius 2 is 1.71 bits per heavy atom. The van der Waals surface area contributed by atoms with Crippen LogP contribution < -0.4 is 19.5 Å². The fourth-order valence-electron chi connectivity index (χ4n) is 3.69. The van der Waals surface area contributed by atoms with E-state index in [-0.39, 0.29) is 11.9 Å². The summed E-state index contributed by atoms with van der Waals surface area (Å²) in [6.45, 7) is 2.59. The molecule has 0 aromatic heterocycles. The standard InChI is InChI=1S/C22H28N2O4/c1-26-17-11-9-16(10-12-17)19(24-13-4-5-14-24)15-23-22(25)18-7-6-8-20(27-2)21(18)28-3/h6-12,19H,4-5,13-15H2,1-3H3,(H,23,25)/t19-/m1/s1. The van der Waals surface area contributed by atoms with Gasteiger partial charge in [0.1, 0.15) is 5.75 Å². The van der Waals surface area contributed by atoms with Crippen molar-refractivity contribution in [3.8, 4) is 17.2 Å². The number of hydrogen-bond acceptors (Lipinski definition) is 5. The Hall–Kier alpha value is -2.73. The first-order valence-electron chi connectivity index (χ1n) is 9.55. The molecule has 150 valence electrons. The summed E-state index contributed by atoms with van der Waals surface area (Å²) in [5.74, 6) is 1.65. The molecule has 1 fully saturated rings. The number of carbonyl (C=O) groups is 1. The SMILES string of the molecule is COc1ccc([C@@H](CNC(=O)c2cccc(OC)c2OC)N2CCCC2)cc1. The summed E-state index contributed by atoms with van der Waals surface area (Å²) in [6, 6.07) is 13.5. The van der Waals surface area contributed by atoms with Crippen molar-refractivity contribution in [2.75, 3.05) is 41.0 Å². The smallest absolute Gasteiger partial charge is 0.255 e. The van der Waals surface area contributed by atoms with Gasteiger partial charge in [0.15, 0.2) is 11.5 Å². The highest BCUT2D eigenvalue weighted by Gasteiger charge is 2.25. The molecule has 0 spiro atoms. The second kappa shape index (κ2) is 9.46. The molecule has 1 heterocycles. The van der Waals surface area contributed by atoms with Crippen molar-refractivity contribution in [2.45, 2.75) is 18.9 Å². The molecule has 1 amide bonds. The number of amides is 1. The highest BCUT2D eigenvalue weighted by Crippen LogP contribution is 2.31. The lowest BCUT2D eigenvalue weighted by Gasteiger charge is -2.28. The van der Waals surface area contributed by atoms with Crippen molar-refractivity contribution in [3.63, 3.8) is 0 Å². The summed E-state index contributed by atoms with van der Waals surface area (Å²) in [4.78, 5) is 15.3. The number of hydrogen-bond donors (Lipinski definition) is 1. The first-order chi connectivity index (χ1) is 13.7. The van der Waals surface area contributed by atoms with Crippen molar-refractivity contribution in [3.05, 3.63) is 53.6 Å². The lowest BCUT2D eigenvalue weighted by molar-refractivity contribution is 0.0934. The fraction of sp³-hybridized carbons (Fsp3) is 0.409. The number of benzene rings is 2.